The number of hydrogen-bond donors (Lipinski definition) is 1. The first-order chi connectivity index (χ1) is 13.6. The van der Waals surface area contributed by atoms with E-state index in [1.807, 2.05) is 24.3 Å². The van der Waals surface area contributed by atoms with Crippen LogP contribution < -0.4 is 19.7 Å². The second-order valence-corrected chi connectivity index (χ2v) is 6.95. The molecule has 6 nitrogen and oxygen atoms in total. The van der Waals surface area contributed by atoms with E-state index in [0.29, 0.717) is 41.8 Å². The van der Waals surface area contributed by atoms with E-state index >= 15 is 0 Å². The van der Waals surface area contributed by atoms with Gasteiger partial charge in [0.15, 0.2) is 11.5 Å². The minimum atomic E-state index is -0.308. The number of fused-ring (bicyclic) bond motifs is 1. The first-order valence-corrected chi connectivity index (χ1v) is 9.46. The summed E-state index contributed by atoms with van der Waals surface area (Å²) in [7, 11) is 0. The summed E-state index contributed by atoms with van der Waals surface area (Å²) < 4.78 is 11.0. The quantitative estimate of drug-likeness (QED) is 0.793. The van der Waals surface area contributed by atoms with E-state index < -0.39 is 0 Å². The molecule has 0 bridgehead atoms. The summed E-state index contributed by atoms with van der Waals surface area (Å²) in [4.78, 5) is 25.8. The molecule has 0 spiro atoms. The maximum absolute atomic E-state index is 12.2. The van der Waals surface area contributed by atoms with Gasteiger partial charge in [-0.25, -0.2) is 0 Å². The van der Waals surface area contributed by atoms with Gasteiger partial charge in [-0.05, 0) is 30.2 Å². The van der Waals surface area contributed by atoms with Gasteiger partial charge in [-0.1, -0.05) is 23.7 Å². The molecule has 7 heteroatoms. The highest BCUT2D eigenvalue weighted by Gasteiger charge is 2.21. The van der Waals surface area contributed by atoms with Gasteiger partial charge in [0.1, 0.15) is 13.2 Å². The van der Waals surface area contributed by atoms with Crippen molar-refractivity contribution in [3.05, 3.63) is 53.1 Å². The Morgan fingerprint density at radius 3 is 2.50 bits per heavy atom. The van der Waals surface area contributed by atoms with Gasteiger partial charge in [0.25, 0.3) is 0 Å². The summed E-state index contributed by atoms with van der Waals surface area (Å²) in [6.07, 6.45) is 4.63. The second-order valence-electron chi connectivity index (χ2n) is 6.54. The number of anilines is 2. The van der Waals surface area contributed by atoms with Gasteiger partial charge in [0.05, 0.1) is 10.7 Å². The molecule has 28 heavy (non-hydrogen) atoms. The van der Waals surface area contributed by atoms with Crippen LogP contribution in [0.4, 0.5) is 11.4 Å². The standard InChI is InChI=1S/C21H19ClN2O4/c22-16-12-18-19(28-11-10-27-18)13-17(16)23-20(25)8-5-14-3-6-15(7-4-14)24-9-1-2-21(24)26/h3-8,12-13H,1-2,9-11H2,(H,23,25)/b8-5+. The number of rotatable bonds is 4. The van der Waals surface area contributed by atoms with Gasteiger partial charge in [-0.2, -0.15) is 0 Å². The molecule has 0 saturated carbocycles. The van der Waals surface area contributed by atoms with Crippen molar-refractivity contribution in [2.45, 2.75) is 12.8 Å². The lowest BCUT2D eigenvalue weighted by molar-refractivity contribution is -0.117. The van der Waals surface area contributed by atoms with Crippen molar-refractivity contribution in [3.8, 4) is 11.5 Å². The Balaban J connectivity index is 1.41. The van der Waals surface area contributed by atoms with E-state index in [9.17, 15) is 9.59 Å². The van der Waals surface area contributed by atoms with Crippen LogP contribution in [0.3, 0.4) is 0 Å². The Bertz CT molecular complexity index is 940. The molecule has 2 aliphatic heterocycles. The minimum absolute atomic E-state index is 0.152. The van der Waals surface area contributed by atoms with Crippen LogP contribution in [0, 0.1) is 0 Å². The molecule has 1 saturated heterocycles. The molecule has 0 atom stereocenters. The number of hydrogen-bond acceptors (Lipinski definition) is 4. The fourth-order valence-corrected chi connectivity index (χ4v) is 3.39. The van der Waals surface area contributed by atoms with Crippen LogP contribution in [0.15, 0.2) is 42.5 Å². The molecule has 0 aliphatic carbocycles. The fraction of sp³-hybridized carbons (Fsp3) is 0.238. The number of halogens is 1. The van der Waals surface area contributed by atoms with E-state index in [2.05, 4.69) is 5.32 Å². The SMILES string of the molecule is O=C(/C=C/c1ccc(N2CCCC2=O)cc1)Nc1cc2c(cc1Cl)OCCO2. The van der Waals surface area contributed by atoms with Crippen molar-refractivity contribution in [2.24, 2.45) is 0 Å². The van der Waals surface area contributed by atoms with Crippen molar-refractivity contribution in [1.29, 1.82) is 0 Å². The molecule has 0 unspecified atom stereocenters. The number of amides is 2. The molecule has 4 rings (SSSR count). The van der Waals surface area contributed by atoms with Crippen LogP contribution in [-0.4, -0.2) is 31.6 Å². The summed E-state index contributed by atoms with van der Waals surface area (Å²) in [5, 5.41) is 3.13. The minimum Gasteiger partial charge on any atom is -0.486 e. The molecule has 0 aromatic heterocycles. The van der Waals surface area contributed by atoms with E-state index in [4.69, 9.17) is 21.1 Å². The first-order valence-electron chi connectivity index (χ1n) is 9.09. The molecule has 0 radical (unpaired) electrons. The van der Waals surface area contributed by atoms with Crippen molar-refractivity contribution < 1.29 is 19.1 Å². The molecule has 2 heterocycles. The van der Waals surface area contributed by atoms with Crippen molar-refractivity contribution in [3.63, 3.8) is 0 Å². The van der Waals surface area contributed by atoms with Crippen molar-refractivity contribution in [1.82, 2.24) is 0 Å². The Morgan fingerprint density at radius 1 is 1.11 bits per heavy atom. The number of carbonyl (C=O) groups is 2. The summed E-state index contributed by atoms with van der Waals surface area (Å²) in [6.45, 7) is 1.69. The van der Waals surface area contributed by atoms with Crippen LogP contribution in [0.2, 0.25) is 5.02 Å². The summed E-state index contributed by atoms with van der Waals surface area (Å²) in [6, 6.07) is 10.8. The predicted octanol–water partition coefficient (Wildman–Crippen LogP) is 3.89. The van der Waals surface area contributed by atoms with Crippen LogP contribution in [0.1, 0.15) is 18.4 Å². The van der Waals surface area contributed by atoms with Gasteiger partial charge in [-0.15, -0.1) is 0 Å². The molecular weight excluding hydrogens is 380 g/mol. The number of nitrogens with one attached hydrogen (secondary N) is 1. The highest BCUT2D eigenvalue weighted by atomic mass is 35.5. The smallest absolute Gasteiger partial charge is 0.248 e. The van der Waals surface area contributed by atoms with Gasteiger partial charge in [0.2, 0.25) is 11.8 Å². The molecule has 2 aliphatic rings. The third-order valence-electron chi connectivity index (χ3n) is 4.60. The molecule has 1 N–H and O–H groups in total. The molecule has 2 aromatic rings. The van der Waals surface area contributed by atoms with Gasteiger partial charge in [0, 0.05) is 36.9 Å². The zero-order valence-electron chi connectivity index (χ0n) is 15.1. The average Bonchev–Trinajstić information content (AvgIpc) is 3.13. The Morgan fingerprint density at radius 2 is 1.82 bits per heavy atom. The zero-order chi connectivity index (χ0) is 19.5. The lowest BCUT2D eigenvalue weighted by atomic mass is 10.2. The molecular formula is C21H19ClN2O4. The number of ether oxygens (including phenoxy) is 2. The zero-order valence-corrected chi connectivity index (χ0v) is 15.9. The highest BCUT2D eigenvalue weighted by Crippen LogP contribution is 2.37. The molecule has 144 valence electrons. The number of benzene rings is 2. The summed E-state index contributed by atoms with van der Waals surface area (Å²) >= 11 is 6.21. The molecule has 1 fully saturated rings. The lowest BCUT2D eigenvalue weighted by Gasteiger charge is -2.19. The predicted molar refractivity (Wildman–Crippen MR) is 108 cm³/mol. The van der Waals surface area contributed by atoms with Gasteiger partial charge >= 0.3 is 0 Å². The molecule has 2 aromatic carbocycles. The average molecular weight is 399 g/mol. The third kappa shape index (κ3) is 3.97. The summed E-state index contributed by atoms with van der Waals surface area (Å²) in [5.41, 5.74) is 2.20. The van der Waals surface area contributed by atoms with Crippen LogP contribution in [0.25, 0.3) is 6.08 Å². The van der Waals surface area contributed by atoms with Crippen LogP contribution in [-0.2, 0) is 9.59 Å². The largest absolute Gasteiger partial charge is 0.486 e. The third-order valence-corrected chi connectivity index (χ3v) is 4.91. The first kappa shape index (κ1) is 18.4. The lowest BCUT2D eigenvalue weighted by Crippen LogP contribution is -2.23. The topological polar surface area (TPSA) is 67.9 Å². The Labute approximate surface area is 167 Å². The van der Waals surface area contributed by atoms with Crippen molar-refractivity contribution >= 4 is 40.9 Å². The van der Waals surface area contributed by atoms with Crippen LogP contribution >= 0.6 is 11.6 Å². The fourth-order valence-electron chi connectivity index (χ4n) is 3.19. The second kappa shape index (κ2) is 7.94. The van der Waals surface area contributed by atoms with E-state index in [1.165, 1.54) is 6.08 Å². The van der Waals surface area contributed by atoms with Gasteiger partial charge < -0.3 is 19.7 Å². The molecule has 2 amide bonds. The van der Waals surface area contributed by atoms with E-state index in [0.717, 1.165) is 24.2 Å². The Hall–Kier alpha value is -2.99. The van der Waals surface area contributed by atoms with E-state index in [1.54, 1.807) is 23.1 Å². The maximum Gasteiger partial charge on any atom is 0.248 e. The normalized spacial score (nSPS) is 15.9. The highest BCUT2D eigenvalue weighted by molar-refractivity contribution is 6.34. The number of nitrogens with zero attached hydrogens (tertiary/aromatic N) is 1. The van der Waals surface area contributed by atoms with Crippen molar-refractivity contribution in [2.75, 3.05) is 30.0 Å². The van der Waals surface area contributed by atoms with E-state index in [-0.39, 0.29) is 11.8 Å². The number of carbonyl (C=O) groups excluding carboxylic acids is 2. The monoisotopic (exact) mass is 398 g/mol. The Kier molecular flexibility index (Phi) is 5.21. The van der Waals surface area contributed by atoms with Gasteiger partial charge in [-0.3, -0.25) is 9.59 Å². The maximum atomic E-state index is 12.2. The summed E-state index contributed by atoms with van der Waals surface area (Å²) in [5.74, 6) is 0.972. The van der Waals surface area contributed by atoms with Crippen LogP contribution in [0.5, 0.6) is 11.5 Å².